The summed E-state index contributed by atoms with van der Waals surface area (Å²) in [5.41, 5.74) is 7.33. The molecule has 0 amide bonds. The lowest BCUT2D eigenvalue weighted by Gasteiger charge is -2.27. The van der Waals surface area contributed by atoms with Gasteiger partial charge in [-0.3, -0.25) is 4.98 Å². The Kier molecular flexibility index (Phi) is 5.72. The highest BCUT2D eigenvalue weighted by molar-refractivity contribution is 6.16. The number of para-hydroxylation sites is 2. The Hall–Kier alpha value is -4.73. The smallest absolute Gasteiger partial charge is 0.163 e. The molecule has 7 rings (SSSR count). The van der Waals surface area contributed by atoms with Gasteiger partial charge in [-0.25, -0.2) is 4.98 Å². The fourth-order valence-corrected chi connectivity index (χ4v) is 5.97. The van der Waals surface area contributed by atoms with E-state index in [9.17, 15) is 10.4 Å². The standard InChI is InChI=1S/C33H27N5O/c34-18-30-29(37-23-12-14-25(39)15-13-23)17-24(20-36-30)38-31-10-4-2-7-27(31)33-26(8-5-11-32(33)38)22-16-21-6-1-3-9-28(21)35-19-22/h1-11,16-17,19-20,23,25,37,39H,12-15H2/t23-,25-. The molecule has 6 aromatic rings. The van der Waals surface area contributed by atoms with Crippen LogP contribution in [-0.2, 0) is 0 Å². The Balaban J connectivity index is 1.41. The van der Waals surface area contributed by atoms with Crippen LogP contribution in [0.2, 0.25) is 0 Å². The summed E-state index contributed by atoms with van der Waals surface area (Å²) in [4.78, 5) is 9.29. The predicted molar refractivity (Wildman–Crippen MR) is 156 cm³/mol. The molecule has 6 heteroatoms. The van der Waals surface area contributed by atoms with Crippen molar-refractivity contribution in [2.75, 3.05) is 5.32 Å². The average Bonchev–Trinajstić information content (AvgIpc) is 3.33. The molecule has 1 fully saturated rings. The first-order chi connectivity index (χ1) is 19.2. The quantitative estimate of drug-likeness (QED) is 0.268. The molecule has 190 valence electrons. The van der Waals surface area contributed by atoms with Crippen molar-refractivity contribution >= 4 is 38.4 Å². The van der Waals surface area contributed by atoms with Gasteiger partial charge in [-0.05, 0) is 61.6 Å². The zero-order chi connectivity index (χ0) is 26.3. The third kappa shape index (κ3) is 4.08. The predicted octanol–water partition coefficient (Wildman–Crippen LogP) is 6.98. The van der Waals surface area contributed by atoms with E-state index in [-0.39, 0.29) is 12.1 Å². The van der Waals surface area contributed by atoms with Crippen LogP contribution in [-0.4, -0.2) is 31.8 Å². The van der Waals surface area contributed by atoms with Crippen LogP contribution in [0.25, 0.3) is 49.5 Å². The van der Waals surface area contributed by atoms with E-state index in [1.165, 1.54) is 0 Å². The van der Waals surface area contributed by atoms with Gasteiger partial charge < -0.3 is 15.0 Å². The number of aliphatic hydroxyl groups is 1. The minimum absolute atomic E-state index is 0.211. The topological polar surface area (TPSA) is 86.8 Å². The van der Waals surface area contributed by atoms with Crippen LogP contribution in [0, 0.1) is 11.3 Å². The molecule has 0 spiro atoms. The van der Waals surface area contributed by atoms with Crippen molar-refractivity contribution in [3.63, 3.8) is 0 Å². The van der Waals surface area contributed by atoms with Crippen LogP contribution < -0.4 is 5.32 Å². The third-order valence-corrected chi connectivity index (χ3v) is 7.89. The normalized spacial score (nSPS) is 17.4. The van der Waals surface area contributed by atoms with Gasteiger partial charge in [0.15, 0.2) is 5.69 Å². The van der Waals surface area contributed by atoms with Crippen LogP contribution in [0.4, 0.5) is 5.69 Å². The SMILES string of the molecule is N#Cc1ncc(-n2c3ccccc3c3c(-c4cnc5ccccc5c4)cccc32)cc1N[C@H]1CC[C@H](O)CC1. The van der Waals surface area contributed by atoms with Crippen molar-refractivity contribution in [2.45, 2.75) is 37.8 Å². The fraction of sp³-hybridized carbons (Fsp3) is 0.182. The van der Waals surface area contributed by atoms with E-state index >= 15 is 0 Å². The number of anilines is 1. The number of rotatable bonds is 4. The van der Waals surface area contributed by atoms with E-state index in [2.05, 4.69) is 75.5 Å². The van der Waals surface area contributed by atoms with Gasteiger partial charge in [0, 0.05) is 34.0 Å². The van der Waals surface area contributed by atoms with E-state index in [1.807, 2.05) is 30.5 Å². The number of hydrogen-bond acceptors (Lipinski definition) is 5. The molecule has 3 aromatic carbocycles. The first kappa shape index (κ1) is 23.4. The maximum Gasteiger partial charge on any atom is 0.163 e. The van der Waals surface area contributed by atoms with Gasteiger partial charge in [0.05, 0.1) is 40.2 Å². The minimum atomic E-state index is -0.229. The van der Waals surface area contributed by atoms with Crippen molar-refractivity contribution in [1.29, 1.82) is 5.26 Å². The van der Waals surface area contributed by atoms with Crippen LogP contribution in [0.15, 0.2) is 91.3 Å². The summed E-state index contributed by atoms with van der Waals surface area (Å²) in [7, 11) is 0. The molecule has 0 atom stereocenters. The lowest BCUT2D eigenvalue weighted by Crippen LogP contribution is -2.28. The second-order valence-corrected chi connectivity index (χ2v) is 10.3. The van der Waals surface area contributed by atoms with E-state index < -0.39 is 0 Å². The van der Waals surface area contributed by atoms with E-state index in [0.717, 1.165) is 80.9 Å². The third-order valence-electron chi connectivity index (χ3n) is 7.89. The molecule has 0 bridgehead atoms. The maximum atomic E-state index is 9.92. The first-order valence-corrected chi connectivity index (χ1v) is 13.4. The molecule has 1 aliphatic carbocycles. The number of nitriles is 1. The van der Waals surface area contributed by atoms with Gasteiger partial charge in [-0.15, -0.1) is 0 Å². The fourth-order valence-electron chi connectivity index (χ4n) is 5.97. The summed E-state index contributed by atoms with van der Waals surface area (Å²) in [6.07, 6.45) is 6.79. The van der Waals surface area contributed by atoms with E-state index in [4.69, 9.17) is 4.98 Å². The van der Waals surface area contributed by atoms with Crippen molar-refractivity contribution in [3.8, 4) is 22.9 Å². The maximum absolute atomic E-state index is 9.92. The summed E-state index contributed by atoms with van der Waals surface area (Å²) in [6, 6.07) is 29.7. The second kappa shape index (κ2) is 9.54. The monoisotopic (exact) mass is 509 g/mol. The molecule has 0 radical (unpaired) electrons. The minimum Gasteiger partial charge on any atom is -0.393 e. The summed E-state index contributed by atoms with van der Waals surface area (Å²) in [6.45, 7) is 0. The second-order valence-electron chi connectivity index (χ2n) is 10.3. The zero-order valence-corrected chi connectivity index (χ0v) is 21.4. The number of nitrogens with zero attached hydrogens (tertiary/aromatic N) is 4. The highest BCUT2D eigenvalue weighted by Gasteiger charge is 2.22. The molecule has 1 aliphatic rings. The number of aromatic nitrogens is 3. The Labute approximate surface area is 226 Å². The highest BCUT2D eigenvalue weighted by atomic mass is 16.3. The molecule has 3 heterocycles. The Morgan fingerprint density at radius 3 is 2.51 bits per heavy atom. The van der Waals surface area contributed by atoms with Crippen molar-refractivity contribution in [3.05, 3.63) is 97.0 Å². The molecule has 6 nitrogen and oxygen atoms in total. The van der Waals surface area contributed by atoms with Gasteiger partial charge in [0.2, 0.25) is 0 Å². The highest BCUT2D eigenvalue weighted by Crippen LogP contribution is 2.39. The van der Waals surface area contributed by atoms with Crippen LogP contribution >= 0.6 is 0 Å². The Morgan fingerprint density at radius 1 is 0.846 bits per heavy atom. The lowest BCUT2D eigenvalue weighted by molar-refractivity contribution is 0.126. The zero-order valence-electron chi connectivity index (χ0n) is 21.4. The van der Waals surface area contributed by atoms with Crippen molar-refractivity contribution in [1.82, 2.24) is 14.5 Å². The number of aliphatic hydroxyl groups excluding tert-OH is 1. The first-order valence-electron chi connectivity index (χ1n) is 13.4. The molecular formula is C33H27N5O. The van der Waals surface area contributed by atoms with Gasteiger partial charge in [0.1, 0.15) is 6.07 Å². The van der Waals surface area contributed by atoms with Gasteiger partial charge in [-0.2, -0.15) is 5.26 Å². The van der Waals surface area contributed by atoms with Gasteiger partial charge in [-0.1, -0.05) is 48.5 Å². The van der Waals surface area contributed by atoms with E-state index in [1.54, 1.807) is 6.20 Å². The molecule has 0 saturated heterocycles. The number of fused-ring (bicyclic) bond motifs is 4. The Morgan fingerprint density at radius 2 is 1.64 bits per heavy atom. The van der Waals surface area contributed by atoms with Gasteiger partial charge >= 0.3 is 0 Å². The molecule has 1 saturated carbocycles. The van der Waals surface area contributed by atoms with Crippen LogP contribution in [0.1, 0.15) is 31.4 Å². The van der Waals surface area contributed by atoms with Gasteiger partial charge in [0.25, 0.3) is 0 Å². The van der Waals surface area contributed by atoms with Crippen LogP contribution in [0.3, 0.4) is 0 Å². The number of benzene rings is 3. The summed E-state index contributed by atoms with van der Waals surface area (Å²) in [5.74, 6) is 0. The molecule has 2 N–H and O–H groups in total. The number of pyridine rings is 2. The summed E-state index contributed by atoms with van der Waals surface area (Å²) in [5, 5.41) is 26.7. The summed E-state index contributed by atoms with van der Waals surface area (Å²) >= 11 is 0. The molecule has 0 unspecified atom stereocenters. The molecule has 3 aromatic heterocycles. The van der Waals surface area contributed by atoms with Crippen molar-refractivity contribution in [2.24, 2.45) is 0 Å². The summed E-state index contributed by atoms with van der Waals surface area (Å²) < 4.78 is 2.23. The largest absolute Gasteiger partial charge is 0.393 e. The van der Waals surface area contributed by atoms with Crippen LogP contribution in [0.5, 0.6) is 0 Å². The van der Waals surface area contributed by atoms with Crippen molar-refractivity contribution < 1.29 is 5.11 Å². The lowest BCUT2D eigenvalue weighted by atomic mass is 9.93. The molecule has 0 aliphatic heterocycles. The molecule has 39 heavy (non-hydrogen) atoms. The van der Waals surface area contributed by atoms with E-state index in [0.29, 0.717) is 5.69 Å². The number of nitrogens with one attached hydrogen (secondary N) is 1. The Bertz CT molecular complexity index is 1890. The number of hydrogen-bond donors (Lipinski definition) is 2. The average molecular weight is 510 g/mol. The molecular weight excluding hydrogens is 482 g/mol.